The van der Waals surface area contributed by atoms with Gasteiger partial charge in [0, 0.05) is 51.7 Å². The molecule has 172 valence electrons. The van der Waals surface area contributed by atoms with Crippen molar-refractivity contribution < 1.29 is 4.74 Å². The Hall–Kier alpha value is -1.65. The molecular formula is C23H37IN6O. The molecule has 1 aliphatic rings. The highest BCUT2D eigenvalue weighted by atomic mass is 127. The number of halogens is 1. The molecule has 8 heteroatoms. The molecule has 1 saturated heterocycles. The zero-order chi connectivity index (χ0) is 21.2. The molecule has 1 fully saturated rings. The number of ether oxygens (including phenoxy) is 1. The van der Waals surface area contributed by atoms with Gasteiger partial charge in [-0.2, -0.15) is 5.10 Å². The van der Waals surface area contributed by atoms with Gasteiger partial charge in [-0.3, -0.25) is 9.58 Å². The summed E-state index contributed by atoms with van der Waals surface area (Å²) < 4.78 is 7.83. The number of rotatable bonds is 9. The lowest BCUT2D eigenvalue weighted by molar-refractivity contribution is -0.0705. The van der Waals surface area contributed by atoms with Crippen molar-refractivity contribution >= 4 is 29.9 Å². The van der Waals surface area contributed by atoms with E-state index in [1.54, 1.807) is 0 Å². The third-order valence-corrected chi connectivity index (χ3v) is 5.17. The van der Waals surface area contributed by atoms with Gasteiger partial charge in [-0.15, -0.1) is 24.0 Å². The summed E-state index contributed by atoms with van der Waals surface area (Å²) in [7, 11) is 0. The molecule has 2 unspecified atom stereocenters. The lowest BCUT2D eigenvalue weighted by Crippen LogP contribution is -2.44. The van der Waals surface area contributed by atoms with Crippen LogP contribution in [0.2, 0.25) is 0 Å². The van der Waals surface area contributed by atoms with Crippen LogP contribution in [-0.2, 0) is 24.4 Å². The predicted octanol–water partition coefficient (Wildman–Crippen LogP) is 3.26. The zero-order valence-electron chi connectivity index (χ0n) is 19.0. The van der Waals surface area contributed by atoms with Gasteiger partial charge < -0.3 is 15.4 Å². The van der Waals surface area contributed by atoms with Crippen LogP contribution in [0.3, 0.4) is 0 Å². The van der Waals surface area contributed by atoms with Crippen molar-refractivity contribution in [1.29, 1.82) is 0 Å². The smallest absolute Gasteiger partial charge is 0.191 e. The average Bonchev–Trinajstić information content (AvgIpc) is 3.23. The molecule has 0 spiro atoms. The van der Waals surface area contributed by atoms with Gasteiger partial charge in [0.05, 0.1) is 18.8 Å². The average molecular weight is 540 g/mol. The summed E-state index contributed by atoms with van der Waals surface area (Å²) in [5.41, 5.74) is 2.62. The number of aryl methyl sites for hydroxylation is 1. The third-order valence-electron chi connectivity index (χ3n) is 5.17. The van der Waals surface area contributed by atoms with Crippen molar-refractivity contribution in [3.63, 3.8) is 0 Å². The van der Waals surface area contributed by atoms with Gasteiger partial charge in [0.25, 0.3) is 0 Å². The molecule has 0 radical (unpaired) electrons. The van der Waals surface area contributed by atoms with E-state index in [9.17, 15) is 0 Å². The predicted molar refractivity (Wildman–Crippen MR) is 137 cm³/mol. The second-order valence-electron chi connectivity index (χ2n) is 7.96. The van der Waals surface area contributed by atoms with E-state index in [1.807, 2.05) is 23.1 Å². The molecule has 7 nitrogen and oxygen atoms in total. The van der Waals surface area contributed by atoms with E-state index in [-0.39, 0.29) is 36.2 Å². The van der Waals surface area contributed by atoms with Crippen LogP contribution >= 0.6 is 24.0 Å². The summed E-state index contributed by atoms with van der Waals surface area (Å²) in [6, 6.07) is 10.6. The van der Waals surface area contributed by atoms with Crippen LogP contribution in [0.5, 0.6) is 0 Å². The minimum atomic E-state index is 0. The highest BCUT2D eigenvalue weighted by Gasteiger charge is 2.22. The summed E-state index contributed by atoms with van der Waals surface area (Å²) in [4.78, 5) is 7.32. The van der Waals surface area contributed by atoms with Gasteiger partial charge in [-0.25, -0.2) is 4.99 Å². The Morgan fingerprint density at radius 3 is 2.55 bits per heavy atom. The maximum atomic E-state index is 5.88. The van der Waals surface area contributed by atoms with E-state index in [0.29, 0.717) is 6.54 Å². The van der Waals surface area contributed by atoms with Gasteiger partial charge in [0.15, 0.2) is 5.96 Å². The first-order chi connectivity index (χ1) is 14.6. The maximum Gasteiger partial charge on any atom is 0.191 e. The van der Waals surface area contributed by atoms with Gasteiger partial charge >= 0.3 is 0 Å². The number of nitrogens with one attached hydrogen (secondary N) is 2. The van der Waals surface area contributed by atoms with Crippen LogP contribution in [0.15, 0.2) is 47.7 Å². The Morgan fingerprint density at radius 2 is 1.87 bits per heavy atom. The molecule has 2 atom stereocenters. The SMILES string of the molecule is CCNC(=NCc1ccccc1CN1CC(C)OC(C)C1)NCCCn1cccn1.I. The topological polar surface area (TPSA) is 66.7 Å². The normalized spacial score (nSPS) is 19.6. The number of aliphatic imine (C=N–C) groups is 1. The largest absolute Gasteiger partial charge is 0.373 e. The summed E-state index contributed by atoms with van der Waals surface area (Å²) in [6.45, 7) is 12.6. The number of hydrogen-bond donors (Lipinski definition) is 2. The van der Waals surface area contributed by atoms with Crippen LogP contribution in [0.4, 0.5) is 0 Å². The fourth-order valence-corrected chi connectivity index (χ4v) is 3.91. The van der Waals surface area contributed by atoms with Crippen LogP contribution < -0.4 is 10.6 Å². The Labute approximate surface area is 203 Å². The summed E-state index contributed by atoms with van der Waals surface area (Å²) in [5, 5.41) is 11.0. The molecule has 1 aromatic carbocycles. The van der Waals surface area contributed by atoms with Crippen molar-refractivity contribution in [2.45, 2.75) is 59.0 Å². The van der Waals surface area contributed by atoms with Crippen molar-refractivity contribution in [2.24, 2.45) is 4.99 Å². The fourth-order valence-electron chi connectivity index (χ4n) is 3.91. The number of nitrogens with zero attached hydrogens (tertiary/aromatic N) is 4. The minimum absolute atomic E-state index is 0. The lowest BCUT2D eigenvalue weighted by Gasteiger charge is -2.35. The summed E-state index contributed by atoms with van der Waals surface area (Å²) in [6.07, 6.45) is 5.37. The van der Waals surface area contributed by atoms with E-state index < -0.39 is 0 Å². The molecule has 0 aliphatic carbocycles. The first-order valence-electron chi connectivity index (χ1n) is 11.1. The Kier molecular flexibility index (Phi) is 11.3. The van der Waals surface area contributed by atoms with E-state index in [2.05, 4.69) is 65.7 Å². The number of guanidine groups is 1. The number of morpholine rings is 1. The van der Waals surface area contributed by atoms with Crippen LogP contribution in [0, 0.1) is 0 Å². The highest BCUT2D eigenvalue weighted by Crippen LogP contribution is 2.17. The standard InChI is InChI=1S/C23H36N6O.HI/c1-4-24-23(25-11-7-13-29-14-8-12-27-29)26-15-21-9-5-6-10-22(21)18-28-16-19(2)30-20(3)17-28;/h5-6,8-10,12,14,19-20H,4,7,11,13,15-18H2,1-3H3,(H2,24,25,26);1H. The van der Waals surface area contributed by atoms with Gasteiger partial charge in [0.1, 0.15) is 0 Å². The molecule has 2 aromatic rings. The fraction of sp³-hybridized carbons (Fsp3) is 0.565. The Bertz CT molecular complexity index is 772. The number of aromatic nitrogens is 2. The van der Waals surface area contributed by atoms with E-state index >= 15 is 0 Å². The van der Waals surface area contributed by atoms with Crippen molar-refractivity contribution in [1.82, 2.24) is 25.3 Å². The van der Waals surface area contributed by atoms with Crippen molar-refractivity contribution in [3.05, 3.63) is 53.9 Å². The quantitative estimate of drug-likeness (QED) is 0.221. The van der Waals surface area contributed by atoms with Gasteiger partial charge in [-0.1, -0.05) is 24.3 Å². The molecule has 2 N–H and O–H groups in total. The molecule has 3 rings (SSSR count). The van der Waals surface area contributed by atoms with E-state index in [0.717, 1.165) is 51.6 Å². The summed E-state index contributed by atoms with van der Waals surface area (Å²) in [5.74, 6) is 0.862. The molecule has 0 saturated carbocycles. The highest BCUT2D eigenvalue weighted by molar-refractivity contribution is 14.0. The second-order valence-corrected chi connectivity index (χ2v) is 7.96. The molecule has 1 aliphatic heterocycles. The van der Waals surface area contributed by atoms with Crippen molar-refractivity contribution in [2.75, 3.05) is 26.2 Å². The molecule has 0 bridgehead atoms. The molecule has 31 heavy (non-hydrogen) atoms. The van der Waals surface area contributed by atoms with Crippen LogP contribution in [0.25, 0.3) is 0 Å². The maximum absolute atomic E-state index is 5.88. The Morgan fingerprint density at radius 1 is 1.13 bits per heavy atom. The number of hydrogen-bond acceptors (Lipinski definition) is 4. The number of benzene rings is 1. The molecule has 0 amide bonds. The molecular weight excluding hydrogens is 503 g/mol. The van der Waals surface area contributed by atoms with E-state index in [4.69, 9.17) is 9.73 Å². The molecule has 2 heterocycles. The monoisotopic (exact) mass is 540 g/mol. The molecule has 1 aromatic heterocycles. The Balaban J connectivity index is 0.00000341. The van der Waals surface area contributed by atoms with E-state index in [1.165, 1.54) is 11.1 Å². The van der Waals surface area contributed by atoms with Gasteiger partial charge in [-0.05, 0) is 44.4 Å². The first kappa shape index (κ1) is 25.6. The summed E-state index contributed by atoms with van der Waals surface area (Å²) >= 11 is 0. The lowest BCUT2D eigenvalue weighted by atomic mass is 10.1. The minimum Gasteiger partial charge on any atom is -0.373 e. The van der Waals surface area contributed by atoms with Crippen LogP contribution in [-0.4, -0.2) is 59.0 Å². The van der Waals surface area contributed by atoms with Gasteiger partial charge in [0.2, 0.25) is 0 Å². The third kappa shape index (κ3) is 8.78. The van der Waals surface area contributed by atoms with Crippen molar-refractivity contribution in [3.8, 4) is 0 Å². The second kappa shape index (κ2) is 13.7. The first-order valence-corrected chi connectivity index (χ1v) is 11.1. The van der Waals surface area contributed by atoms with Crippen LogP contribution in [0.1, 0.15) is 38.3 Å². The zero-order valence-corrected chi connectivity index (χ0v) is 21.3.